The van der Waals surface area contributed by atoms with Gasteiger partial charge in [0.15, 0.2) is 11.0 Å². The Morgan fingerprint density at radius 1 is 1.03 bits per heavy atom. The van der Waals surface area contributed by atoms with Crippen molar-refractivity contribution in [2.75, 3.05) is 5.75 Å². The number of nitrogens with one attached hydrogen (secondary N) is 1. The van der Waals surface area contributed by atoms with Gasteiger partial charge in [-0.1, -0.05) is 75.0 Å². The number of nitrogens with zero attached hydrogens (tertiary/aromatic N) is 5. The van der Waals surface area contributed by atoms with E-state index in [0.29, 0.717) is 16.5 Å². The summed E-state index contributed by atoms with van der Waals surface area (Å²) in [6, 6.07) is 23.9. The number of carbonyl (C=O) groups is 1. The summed E-state index contributed by atoms with van der Waals surface area (Å²) in [5, 5.41) is 24.1. The molecule has 1 aromatic heterocycles. The quantitative estimate of drug-likeness (QED) is 0.146. The van der Waals surface area contributed by atoms with E-state index in [0.717, 1.165) is 11.3 Å². The number of aromatic nitrogens is 3. The van der Waals surface area contributed by atoms with E-state index in [2.05, 4.69) is 53.6 Å². The lowest BCUT2D eigenvalue weighted by molar-refractivity contribution is -0.384. The molecular weight excluding hydrogens is 488 g/mol. The van der Waals surface area contributed by atoms with Gasteiger partial charge in [-0.15, -0.1) is 10.2 Å². The van der Waals surface area contributed by atoms with Gasteiger partial charge in [-0.05, 0) is 40.8 Å². The number of nitro groups is 1. The molecule has 0 aliphatic heterocycles. The molecule has 3 aromatic carbocycles. The minimum Gasteiger partial charge on any atom is -0.272 e. The fourth-order valence-corrected chi connectivity index (χ4v) is 4.25. The molecule has 1 heterocycles. The Morgan fingerprint density at radius 3 is 2.32 bits per heavy atom. The molecule has 1 amide bonds. The van der Waals surface area contributed by atoms with Crippen molar-refractivity contribution in [3.05, 3.63) is 100 Å². The maximum Gasteiger partial charge on any atom is 0.269 e. The Bertz CT molecular complexity index is 1410. The monoisotopic (exact) mass is 514 g/mol. The second-order valence-electron chi connectivity index (χ2n) is 9.23. The number of hydrazone groups is 1. The molecule has 0 saturated carbocycles. The minimum atomic E-state index is -0.472. The predicted octanol–water partition coefficient (Wildman–Crippen LogP) is 5.38. The first-order valence-corrected chi connectivity index (χ1v) is 12.5. The Morgan fingerprint density at radius 2 is 1.70 bits per heavy atom. The summed E-state index contributed by atoms with van der Waals surface area (Å²) in [6.45, 7) is 6.51. The molecule has 0 spiro atoms. The molecule has 9 nitrogen and oxygen atoms in total. The zero-order chi connectivity index (χ0) is 26.4. The van der Waals surface area contributed by atoms with Crippen LogP contribution in [0.25, 0.3) is 17.1 Å². The van der Waals surface area contributed by atoms with Crippen LogP contribution in [0, 0.1) is 10.1 Å². The lowest BCUT2D eigenvalue weighted by Crippen LogP contribution is -2.20. The Hall–Kier alpha value is -4.31. The van der Waals surface area contributed by atoms with E-state index in [1.807, 2.05) is 47.0 Å². The fourth-order valence-electron chi connectivity index (χ4n) is 3.50. The van der Waals surface area contributed by atoms with Gasteiger partial charge in [-0.2, -0.15) is 5.10 Å². The summed E-state index contributed by atoms with van der Waals surface area (Å²) in [7, 11) is 0. The molecule has 4 rings (SSSR count). The average molecular weight is 515 g/mol. The van der Waals surface area contributed by atoms with E-state index < -0.39 is 4.92 Å². The normalized spacial score (nSPS) is 11.5. The second-order valence-corrected chi connectivity index (χ2v) is 10.2. The number of nitro benzene ring substituents is 1. The molecule has 188 valence electrons. The van der Waals surface area contributed by atoms with Crippen LogP contribution < -0.4 is 5.43 Å². The molecule has 0 saturated heterocycles. The summed E-state index contributed by atoms with van der Waals surface area (Å²) in [5.41, 5.74) is 6.18. The molecule has 0 fully saturated rings. The molecule has 37 heavy (non-hydrogen) atoms. The van der Waals surface area contributed by atoms with Crippen molar-refractivity contribution in [1.82, 2.24) is 20.2 Å². The third kappa shape index (κ3) is 6.47. The number of amides is 1. The van der Waals surface area contributed by atoms with Crippen molar-refractivity contribution in [1.29, 1.82) is 0 Å². The predicted molar refractivity (Wildman–Crippen MR) is 145 cm³/mol. The van der Waals surface area contributed by atoms with E-state index in [1.54, 1.807) is 12.1 Å². The molecule has 0 bridgehead atoms. The topological polar surface area (TPSA) is 115 Å². The van der Waals surface area contributed by atoms with Gasteiger partial charge in [-0.25, -0.2) is 5.43 Å². The third-order valence-corrected chi connectivity index (χ3v) is 6.42. The summed E-state index contributed by atoms with van der Waals surface area (Å²) in [5.74, 6) is 0.443. The maximum absolute atomic E-state index is 12.4. The molecule has 0 atom stereocenters. The van der Waals surface area contributed by atoms with Crippen LogP contribution in [0.5, 0.6) is 0 Å². The number of hydrogen-bond acceptors (Lipinski definition) is 7. The Kier molecular flexibility index (Phi) is 7.78. The minimum absolute atomic E-state index is 0.00960. The van der Waals surface area contributed by atoms with Gasteiger partial charge in [0.25, 0.3) is 11.6 Å². The van der Waals surface area contributed by atoms with Gasteiger partial charge in [0.05, 0.1) is 16.9 Å². The molecule has 0 aliphatic rings. The number of thioether (sulfide) groups is 1. The van der Waals surface area contributed by atoms with Gasteiger partial charge < -0.3 is 0 Å². The van der Waals surface area contributed by atoms with Crippen LogP contribution in [0.1, 0.15) is 31.9 Å². The SMILES string of the molecule is CC(C)(C)c1ccc(-c2nnc(SCC(=O)NN=Cc3ccc([N+](=O)[O-])cc3)n2-c2ccccc2)cc1. The average Bonchev–Trinajstić information content (AvgIpc) is 3.32. The highest BCUT2D eigenvalue weighted by Crippen LogP contribution is 2.30. The summed E-state index contributed by atoms with van der Waals surface area (Å²) < 4.78 is 1.93. The van der Waals surface area contributed by atoms with E-state index in [4.69, 9.17) is 0 Å². The summed E-state index contributed by atoms with van der Waals surface area (Å²) in [6.07, 6.45) is 1.43. The van der Waals surface area contributed by atoms with Gasteiger partial charge in [0.2, 0.25) is 0 Å². The molecular formula is C27H26N6O3S. The van der Waals surface area contributed by atoms with Crippen LogP contribution in [0.2, 0.25) is 0 Å². The van der Waals surface area contributed by atoms with Gasteiger partial charge >= 0.3 is 0 Å². The van der Waals surface area contributed by atoms with Crippen LogP contribution in [-0.4, -0.2) is 37.6 Å². The highest BCUT2D eigenvalue weighted by Gasteiger charge is 2.19. The first-order chi connectivity index (χ1) is 17.7. The van der Waals surface area contributed by atoms with Crippen LogP contribution in [-0.2, 0) is 10.2 Å². The highest BCUT2D eigenvalue weighted by molar-refractivity contribution is 7.99. The van der Waals surface area contributed by atoms with E-state index >= 15 is 0 Å². The molecule has 4 aromatic rings. The summed E-state index contributed by atoms with van der Waals surface area (Å²) in [4.78, 5) is 22.7. The van der Waals surface area contributed by atoms with Gasteiger partial charge in [-0.3, -0.25) is 19.5 Å². The number of non-ortho nitro benzene ring substituents is 1. The van der Waals surface area contributed by atoms with Crippen LogP contribution in [0.3, 0.4) is 0 Å². The maximum atomic E-state index is 12.4. The van der Waals surface area contributed by atoms with Crippen molar-refractivity contribution in [3.8, 4) is 17.1 Å². The number of para-hydroxylation sites is 1. The zero-order valence-electron chi connectivity index (χ0n) is 20.7. The van der Waals surface area contributed by atoms with Crippen molar-refractivity contribution >= 4 is 29.6 Å². The second kappa shape index (κ2) is 11.2. The molecule has 0 aliphatic carbocycles. The molecule has 0 unspecified atom stereocenters. The zero-order valence-corrected chi connectivity index (χ0v) is 21.5. The molecule has 10 heteroatoms. The van der Waals surface area contributed by atoms with Crippen LogP contribution in [0.4, 0.5) is 5.69 Å². The van der Waals surface area contributed by atoms with Crippen molar-refractivity contribution in [3.63, 3.8) is 0 Å². The first-order valence-electron chi connectivity index (χ1n) is 11.5. The standard InChI is InChI=1S/C27H26N6O3S/c1-27(2,3)21-13-11-20(12-14-21)25-30-31-26(32(25)22-7-5-4-6-8-22)37-18-24(34)29-28-17-19-9-15-23(16-10-19)33(35)36/h4-17H,18H2,1-3H3,(H,29,34). The van der Waals surface area contributed by atoms with Crippen LogP contribution in [0.15, 0.2) is 89.1 Å². The van der Waals surface area contributed by atoms with Gasteiger partial charge in [0, 0.05) is 23.4 Å². The first kappa shape index (κ1) is 25.8. The smallest absolute Gasteiger partial charge is 0.269 e. The lowest BCUT2D eigenvalue weighted by Gasteiger charge is -2.19. The Balaban J connectivity index is 1.48. The van der Waals surface area contributed by atoms with Crippen molar-refractivity contribution in [2.45, 2.75) is 31.3 Å². The molecule has 1 N–H and O–H groups in total. The Labute approximate surface area is 218 Å². The fraction of sp³-hybridized carbons (Fsp3) is 0.185. The van der Waals surface area contributed by atoms with Crippen molar-refractivity contribution < 1.29 is 9.72 Å². The van der Waals surface area contributed by atoms with Crippen LogP contribution >= 0.6 is 11.8 Å². The third-order valence-electron chi connectivity index (χ3n) is 5.50. The number of rotatable bonds is 8. The number of benzene rings is 3. The summed E-state index contributed by atoms with van der Waals surface area (Å²) >= 11 is 1.25. The lowest BCUT2D eigenvalue weighted by atomic mass is 9.87. The van der Waals surface area contributed by atoms with E-state index in [1.165, 1.54) is 35.7 Å². The highest BCUT2D eigenvalue weighted by atomic mass is 32.2. The number of hydrogen-bond donors (Lipinski definition) is 1. The van der Waals surface area contributed by atoms with Crippen molar-refractivity contribution in [2.24, 2.45) is 5.10 Å². The molecule has 0 radical (unpaired) electrons. The largest absolute Gasteiger partial charge is 0.272 e. The van der Waals surface area contributed by atoms with E-state index in [-0.39, 0.29) is 22.8 Å². The van der Waals surface area contributed by atoms with Gasteiger partial charge in [0.1, 0.15) is 0 Å². The number of carbonyl (C=O) groups excluding carboxylic acids is 1. The van der Waals surface area contributed by atoms with E-state index in [9.17, 15) is 14.9 Å².